The average Bonchev–Trinajstić information content (AvgIpc) is 2.70. The molecule has 0 aromatic heterocycles. The van der Waals surface area contributed by atoms with E-state index in [0.717, 1.165) is 18.7 Å². The lowest BCUT2D eigenvalue weighted by molar-refractivity contribution is -0.117. The molecule has 1 heterocycles. The first-order chi connectivity index (χ1) is 13.4. The number of likely N-dealkylation sites (N-methyl/N-ethyl adjacent to an activating group) is 1. The van der Waals surface area contributed by atoms with E-state index in [1.54, 1.807) is 24.3 Å². The number of hydrogen-bond acceptors (Lipinski definition) is 4. The van der Waals surface area contributed by atoms with E-state index < -0.39 is 10.0 Å². The average molecular weight is 438 g/mol. The number of amides is 1. The largest absolute Gasteiger partial charge is 0.326 e. The van der Waals surface area contributed by atoms with Crippen molar-refractivity contribution >= 4 is 34.0 Å². The van der Waals surface area contributed by atoms with Crippen molar-refractivity contribution in [1.82, 2.24) is 9.21 Å². The van der Waals surface area contributed by atoms with Gasteiger partial charge in [0.15, 0.2) is 0 Å². The normalized spacial score (nSPS) is 16.6. The lowest BCUT2D eigenvalue weighted by Gasteiger charge is -2.31. The number of nitrogens with zero attached hydrogens (tertiary/aromatic N) is 2. The Hall–Kier alpha value is -1.93. The van der Waals surface area contributed by atoms with Gasteiger partial charge < -0.3 is 10.2 Å². The lowest BCUT2D eigenvalue weighted by Crippen LogP contribution is -2.46. The summed E-state index contributed by atoms with van der Waals surface area (Å²) in [6.07, 6.45) is 0.686. The number of nitrogens with one attached hydrogen (secondary N) is 1. The molecule has 158 valence electrons. The second kappa shape index (κ2) is 10.2. The van der Waals surface area contributed by atoms with Crippen molar-refractivity contribution in [3.63, 3.8) is 0 Å². The molecule has 0 spiro atoms. The molecular formula is C21H28ClN3O3S. The Kier molecular flexibility index (Phi) is 8.22. The zero-order valence-electron chi connectivity index (χ0n) is 16.7. The Balaban J connectivity index is 0.00000300. The van der Waals surface area contributed by atoms with Crippen LogP contribution in [-0.2, 0) is 14.8 Å². The lowest BCUT2D eigenvalue weighted by atomic mass is 9.95. The molecule has 1 unspecified atom stereocenters. The second-order valence-corrected chi connectivity index (χ2v) is 9.03. The number of hydrogen-bond donors (Lipinski definition) is 1. The number of piperazine rings is 1. The summed E-state index contributed by atoms with van der Waals surface area (Å²) >= 11 is 0. The minimum Gasteiger partial charge on any atom is -0.326 e. The van der Waals surface area contributed by atoms with Crippen molar-refractivity contribution in [3.05, 3.63) is 60.2 Å². The fraction of sp³-hybridized carbons (Fsp3) is 0.381. The molecule has 2 aromatic carbocycles. The molecule has 1 aliphatic rings. The Labute approximate surface area is 179 Å². The molecule has 0 radical (unpaired) electrons. The number of sulfonamides is 1. The third-order valence-corrected chi connectivity index (χ3v) is 7.06. The highest BCUT2D eigenvalue weighted by atomic mass is 35.5. The zero-order chi connectivity index (χ0) is 20.1. The predicted octanol–water partition coefficient (Wildman–Crippen LogP) is 3.18. The SMILES string of the molecule is CCC(C(=O)Nc1ccc(S(=O)(=O)N2CCN(C)CC2)cc1)c1ccccc1.Cl. The molecule has 1 aliphatic heterocycles. The quantitative estimate of drug-likeness (QED) is 0.753. The zero-order valence-corrected chi connectivity index (χ0v) is 18.4. The maximum Gasteiger partial charge on any atom is 0.243 e. The summed E-state index contributed by atoms with van der Waals surface area (Å²) in [5.74, 6) is -0.335. The second-order valence-electron chi connectivity index (χ2n) is 7.09. The van der Waals surface area contributed by atoms with Gasteiger partial charge in [-0.2, -0.15) is 4.31 Å². The molecule has 0 aliphatic carbocycles. The van der Waals surface area contributed by atoms with Crippen LogP contribution in [0.3, 0.4) is 0 Å². The monoisotopic (exact) mass is 437 g/mol. The molecule has 1 amide bonds. The Bertz CT molecular complexity index is 897. The fourth-order valence-electron chi connectivity index (χ4n) is 3.37. The van der Waals surface area contributed by atoms with Crippen LogP contribution < -0.4 is 5.32 Å². The molecule has 6 nitrogen and oxygen atoms in total. The Morgan fingerprint density at radius 2 is 1.59 bits per heavy atom. The van der Waals surface area contributed by atoms with E-state index in [1.807, 2.05) is 44.3 Å². The summed E-state index contributed by atoms with van der Waals surface area (Å²) in [6.45, 7) is 4.42. The van der Waals surface area contributed by atoms with E-state index >= 15 is 0 Å². The van der Waals surface area contributed by atoms with Crippen molar-refractivity contribution in [2.24, 2.45) is 0 Å². The standard InChI is InChI=1S/C21H27N3O3S.ClH/c1-3-20(17-7-5-4-6-8-17)21(25)22-18-9-11-19(12-10-18)28(26,27)24-15-13-23(2)14-16-24;/h4-12,20H,3,13-16H2,1-2H3,(H,22,25);1H. The summed E-state index contributed by atoms with van der Waals surface area (Å²) < 4.78 is 27.1. The van der Waals surface area contributed by atoms with E-state index in [9.17, 15) is 13.2 Å². The number of rotatable bonds is 6. The van der Waals surface area contributed by atoms with Crippen molar-refractivity contribution in [1.29, 1.82) is 0 Å². The smallest absolute Gasteiger partial charge is 0.243 e. The van der Waals surface area contributed by atoms with Crippen LogP contribution in [-0.4, -0.2) is 56.8 Å². The number of carbonyl (C=O) groups is 1. The molecule has 2 aromatic rings. The van der Waals surface area contributed by atoms with E-state index in [2.05, 4.69) is 10.2 Å². The Morgan fingerprint density at radius 3 is 2.14 bits per heavy atom. The molecule has 3 rings (SSSR count). The molecule has 0 bridgehead atoms. The van der Waals surface area contributed by atoms with Gasteiger partial charge in [0.1, 0.15) is 0 Å². The number of halogens is 1. The van der Waals surface area contributed by atoms with E-state index in [-0.39, 0.29) is 29.1 Å². The number of benzene rings is 2. The van der Waals surface area contributed by atoms with Crippen LogP contribution in [0.25, 0.3) is 0 Å². The summed E-state index contributed by atoms with van der Waals surface area (Å²) in [6, 6.07) is 16.1. The third-order valence-electron chi connectivity index (χ3n) is 5.15. The van der Waals surface area contributed by atoms with Crippen LogP contribution in [0.5, 0.6) is 0 Å². The highest BCUT2D eigenvalue weighted by Crippen LogP contribution is 2.23. The van der Waals surface area contributed by atoms with Crippen LogP contribution in [0.1, 0.15) is 24.8 Å². The first-order valence-electron chi connectivity index (χ1n) is 9.56. The molecule has 1 fully saturated rings. The van der Waals surface area contributed by atoms with Crippen LogP contribution in [0.4, 0.5) is 5.69 Å². The van der Waals surface area contributed by atoms with E-state index in [0.29, 0.717) is 25.2 Å². The molecule has 1 atom stereocenters. The summed E-state index contributed by atoms with van der Waals surface area (Å²) in [5, 5.41) is 2.90. The van der Waals surface area contributed by atoms with Crippen LogP contribution in [0.15, 0.2) is 59.5 Å². The van der Waals surface area contributed by atoms with Crippen molar-refractivity contribution in [3.8, 4) is 0 Å². The Morgan fingerprint density at radius 1 is 1.00 bits per heavy atom. The number of anilines is 1. The van der Waals surface area contributed by atoms with Gasteiger partial charge >= 0.3 is 0 Å². The molecule has 0 saturated carbocycles. The van der Waals surface area contributed by atoms with Gasteiger partial charge in [0.2, 0.25) is 15.9 Å². The van der Waals surface area contributed by atoms with E-state index in [4.69, 9.17) is 0 Å². The van der Waals surface area contributed by atoms with Gasteiger partial charge in [0.05, 0.1) is 10.8 Å². The van der Waals surface area contributed by atoms with Crippen LogP contribution in [0, 0.1) is 0 Å². The minimum atomic E-state index is -3.50. The minimum absolute atomic E-state index is 0. The molecular weight excluding hydrogens is 410 g/mol. The van der Waals surface area contributed by atoms with Gasteiger partial charge in [0.25, 0.3) is 0 Å². The molecule has 1 N–H and O–H groups in total. The summed E-state index contributed by atoms with van der Waals surface area (Å²) in [4.78, 5) is 15.0. The maximum absolute atomic E-state index is 12.8. The first kappa shape index (κ1) is 23.3. The summed E-state index contributed by atoms with van der Waals surface area (Å²) in [5.41, 5.74) is 1.56. The van der Waals surface area contributed by atoms with Gasteiger partial charge in [-0.25, -0.2) is 8.42 Å². The first-order valence-corrected chi connectivity index (χ1v) is 11.0. The van der Waals surface area contributed by atoms with Crippen molar-refractivity contribution < 1.29 is 13.2 Å². The van der Waals surface area contributed by atoms with Gasteiger partial charge in [0, 0.05) is 31.9 Å². The maximum atomic E-state index is 12.8. The molecule has 8 heteroatoms. The van der Waals surface area contributed by atoms with Gasteiger partial charge in [-0.3, -0.25) is 4.79 Å². The van der Waals surface area contributed by atoms with Crippen LogP contribution >= 0.6 is 12.4 Å². The third kappa shape index (κ3) is 5.57. The predicted molar refractivity (Wildman–Crippen MR) is 118 cm³/mol. The highest BCUT2D eigenvalue weighted by molar-refractivity contribution is 7.89. The van der Waals surface area contributed by atoms with Gasteiger partial charge in [-0.15, -0.1) is 12.4 Å². The highest BCUT2D eigenvalue weighted by Gasteiger charge is 2.27. The molecule has 29 heavy (non-hydrogen) atoms. The summed E-state index contributed by atoms with van der Waals surface area (Å²) in [7, 11) is -1.51. The van der Waals surface area contributed by atoms with Crippen molar-refractivity contribution in [2.45, 2.75) is 24.2 Å². The van der Waals surface area contributed by atoms with Gasteiger partial charge in [-0.1, -0.05) is 37.3 Å². The fourth-order valence-corrected chi connectivity index (χ4v) is 4.80. The van der Waals surface area contributed by atoms with Crippen molar-refractivity contribution in [2.75, 3.05) is 38.5 Å². The topological polar surface area (TPSA) is 69.7 Å². The molecule has 1 saturated heterocycles. The van der Waals surface area contributed by atoms with Crippen LogP contribution in [0.2, 0.25) is 0 Å². The van der Waals surface area contributed by atoms with E-state index in [1.165, 1.54) is 4.31 Å². The number of carbonyl (C=O) groups excluding carboxylic acids is 1. The van der Waals surface area contributed by atoms with Gasteiger partial charge in [-0.05, 0) is 43.3 Å².